The number of hydrogen-bond donors (Lipinski definition) is 3. The monoisotopic (exact) mass is 331 g/mol. The van der Waals surface area contributed by atoms with Crippen molar-refractivity contribution in [3.8, 4) is 0 Å². The Kier molecular flexibility index (Phi) is 4.84. The number of halogens is 1. The molecule has 102 valence electrons. The fraction of sp³-hybridized carbons (Fsp3) is 0.0714. The van der Waals surface area contributed by atoms with E-state index in [0.29, 0.717) is 18.0 Å². The Morgan fingerprint density at radius 1 is 1.35 bits per heavy atom. The van der Waals surface area contributed by atoms with Crippen LogP contribution < -0.4 is 11.1 Å². The van der Waals surface area contributed by atoms with Gasteiger partial charge in [0, 0.05) is 29.9 Å². The molecule has 0 aliphatic heterocycles. The smallest absolute Gasteiger partial charge is 0.106 e. The van der Waals surface area contributed by atoms with E-state index >= 15 is 0 Å². The Labute approximate surface area is 125 Å². The molecule has 6 heteroatoms. The summed E-state index contributed by atoms with van der Waals surface area (Å²) in [5, 5.41) is 11.1. The van der Waals surface area contributed by atoms with Gasteiger partial charge in [0.2, 0.25) is 0 Å². The van der Waals surface area contributed by atoms with E-state index < -0.39 is 0 Å². The first-order valence-corrected chi connectivity index (χ1v) is 6.75. The molecule has 0 unspecified atom stereocenters. The van der Waals surface area contributed by atoms with Gasteiger partial charge in [0.1, 0.15) is 4.60 Å². The quantitative estimate of drug-likeness (QED) is 0.580. The number of nitrogens with one attached hydrogen (secondary N) is 2. The molecule has 20 heavy (non-hydrogen) atoms. The van der Waals surface area contributed by atoms with Crippen molar-refractivity contribution in [1.82, 2.24) is 9.97 Å². The van der Waals surface area contributed by atoms with Crippen LogP contribution in [0.1, 0.15) is 5.56 Å². The fourth-order valence-electron chi connectivity index (χ4n) is 1.53. The maximum atomic E-state index is 7.96. The summed E-state index contributed by atoms with van der Waals surface area (Å²) in [5.41, 5.74) is 8.41. The van der Waals surface area contributed by atoms with Gasteiger partial charge in [-0.3, -0.25) is 4.98 Å². The highest BCUT2D eigenvalue weighted by Gasteiger charge is 2.00. The topological polar surface area (TPSA) is 87.7 Å². The molecule has 2 heterocycles. The lowest BCUT2D eigenvalue weighted by Crippen LogP contribution is -2.13. The van der Waals surface area contributed by atoms with Crippen molar-refractivity contribution in [1.29, 1.82) is 5.41 Å². The molecule has 2 aromatic rings. The van der Waals surface area contributed by atoms with Crippen molar-refractivity contribution >= 4 is 27.3 Å². The number of anilines is 1. The first kappa shape index (κ1) is 14.2. The van der Waals surface area contributed by atoms with Crippen LogP contribution in [-0.4, -0.2) is 22.2 Å². The van der Waals surface area contributed by atoms with Gasteiger partial charge >= 0.3 is 0 Å². The first-order chi connectivity index (χ1) is 9.65. The van der Waals surface area contributed by atoms with E-state index in [2.05, 4.69) is 31.2 Å². The third kappa shape index (κ3) is 4.17. The molecule has 0 atom stereocenters. The Morgan fingerprint density at radius 2 is 2.20 bits per heavy atom. The van der Waals surface area contributed by atoms with Crippen LogP contribution in [0, 0.1) is 5.41 Å². The molecule has 0 aliphatic carbocycles. The van der Waals surface area contributed by atoms with Gasteiger partial charge in [0.05, 0.1) is 17.9 Å². The summed E-state index contributed by atoms with van der Waals surface area (Å²) in [4.78, 5) is 8.08. The molecule has 2 aromatic heterocycles. The standard InChI is InChI=1S/C14H14BrN5/c15-14-4-3-10(7-20-14)13(17)6-11(16)8-19-12-2-1-5-18-9-12/h1-7,9,17,19H,8,16H2/b11-6-,17-13?. The van der Waals surface area contributed by atoms with Crippen LogP contribution in [-0.2, 0) is 0 Å². The molecule has 0 amide bonds. The fourth-order valence-corrected chi connectivity index (χ4v) is 1.76. The Hall–Kier alpha value is -2.21. The van der Waals surface area contributed by atoms with Crippen molar-refractivity contribution in [2.24, 2.45) is 5.73 Å². The molecule has 0 aliphatic rings. The van der Waals surface area contributed by atoms with Crippen molar-refractivity contribution in [2.75, 3.05) is 11.9 Å². The van der Waals surface area contributed by atoms with Gasteiger partial charge in [-0.1, -0.05) is 0 Å². The van der Waals surface area contributed by atoms with Gasteiger partial charge < -0.3 is 16.5 Å². The van der Waals surface area contributed by atoms with Crippen LogP contribution in [0.25, 0.3) is 0 Å². The van der Waals surface area contributed by atoms with Crippen molar-refractivity contribution < 1.29 is 0 Å². The highest BCUT2D eigenvalue weighted by Crippen LogP contribution is 2.08. The van der Waals surface area contributed by atoms with Crippen LogP contribution in [0.3, 0.4) is 0 Å². The second-order valence-corrected chi connectivity index (χ2v) is 4.91. The van der Waals surface area contributed by atoms with E-state index in [-0.39, 0.29) is 0 Å². The Morgan fingerprint density at radius 3 is 2.85 bits per heavy atom. The average Bonchev–Trinajstić information content (AvgIpc) is 2.47. The molecule has 4 N–H and O–H groups in total. The molecule has 5 nitrogen and oxygen atoms in total. The Balaban J connectivity index is 1.96. The summed E-state index contributed by atoms with van der Waals surface area (Å²) in [6.45, 7) is 0.456. The molecular formula is C14H14BrN5. The van der Waals surface area contributed by atoms with Gasteiger partial charge in [-0.15, -0.1) is 0 Å². The molecule has 0 aromatic carbocycles. The number of pyridine rings is 2. The molecular weight excluding hydrogens is 318 g/mol. The third-order valence-electron chi connectivity index (χ3n) is 2.53. The van der Waals surface area contributed by atoms with E-state index in [9.17, 15) is 0 Å². The number of rotatable bonds is 5. The number of allylic oxidation sites excluding steroid dienone is 1. The highest BCUT2D eigenvalue weighted by atomic mass is 79.9. The third-order valence-corrected chi connectivity index (χ3v) is 3.00. The number of aromatic nitrogens is 2. The van der Waals surface area contributed by atoms with E-state index in [1.165, 1.54) is 0 Å². The van der Waals surface area contributed by atoms with Crippen molar-refractivity contribution in [2.45, 2.75) is 0 Å². The summed E-state index contributed by atoms with van der Waals surface area (Å²) < 4.78 is 0.740. The SMILES string of the molecule is N=C(/C=C(\N)CNc1cccnc1)c1ccc(Br)nc1. The summed E-state index contributed by atoms with van der Waals surface area (Å²) in [7, 11) is 0. The van der Waals surface area contributed by atoms with Crippen molar-refractivity contribution in [3.05, 3.63) is 64.8 Å². The number of nitrogens with two attached hydrogens (primary N) is 1. The van der Waals surface area contributed by atoms with Gasteiger partial charge in [-0.25, -0.2) is 4.98 Å². The van der Waals surface area contributed by atoms with Gasteiger partial charge in [0.25, 0.3) is 0 Å². The molecule has 0 spiro atoms. The Bertz CT molecular complexity index is 607. The minimum Gasteiger partial charge on any atom is -0.401 e. The molecule has 2 rings (SSSR count). The molecule has 0 saturated carbocycles. The maximum absolute atomic E-state index is 7.96. The number of hydrogen-bond acceptors (Lipinski definition) is 5. The molecule has 0 radical (unpaired) electrons. The van der Waals surface area contributed by atoms with Crippen molar-refractivity contribution in [3.63, 3.8) is 0 Å². The minimum absolute atomic E-state index is 0.329. The predicted molar refractivity (Wildman–Crippen MR) is 83.8 cm³/mol. The highest BCUT2D eigenvalue weighted by molar-refractivity contribution is 9.10. The maximum Gasteiger partial charge on any atom is 0.106 e. The van der Waals surface area contributed by atoms with Crippen LogP contribution >= 0.6 is 15.9 Å². The second kappa shape index (κ2) is 6.81. The largest absolute Gasteiger partial charge is 0.401 e. The van der Waals surface area contributed by atoms with Gasteiger partial charge in [0.15, 0.2) is 0 Å². The summed E-state index contributed by atoms with van der Waals surface area (Å²) >= 11 is 3.26. The molecule has 0 fully saturated rings. The van der Waals surface area contributed by atoms with E-state index in [1.54, 1.807) is 30.7 Å². The normalized spacial score (nSPS) is 11.2. The van der Waals surface area contributed by atoms with Crippen LogP contribution in [0.2, 0.25) is 0 Å². The zero-order chi connectivity index (χ0) is 14.4. The molecule has 0 saturated heterocycles. The van der Waals surface area contributed by atoms with Gasteiger partial charge in [-0.2, -0.15) is 0 Å². The van der Waals surface area contributed by atoms with Crippen LogP contribution in [0.4, 0.5) is 5.69 Å². The predicted octanol–water partition coefficient (Wildman–Crippen LogP) is 2.56. The summed E-state index contributed by atoms with van der Waals surface area (Å²) in [5.74, 6) is 0. The van der Waals surface area contributed by atoms with E-state index in [0.717, 1.165) is 15.9 Å². The number of nitrogens with zero attached hydrogens (tertiary/aromatic N) is 2. The average molecular weight is 332 g/mol. The lowest BCUT2D eigenvalue weighted by atomic mass is 10.1. The minimum atomic E-state index is 0.329. The first-order valence-electron chi connectivity index (χ1n) is 5.95. The lowest BCUT2D eigenvalue weighted by molar-refractivity contribution is 1.16. The van der Waals surface area contributed by atoms with Crippen LogP contribution in [0.15, 0.2) is 59.2 Å². The summed E-state index contributed by atoms with van der Waals surface area (Å²) in [6, 6.07) is 7.36. The van der Waals surface area contributed by atoms with Gasteiger partial charge in [-0.05, 0) is 46.3 Å². The van der Waals surface area contributed by atoms with E-state index in [1.807, 2.05) is 18.2 Å². The molecule has 0 bridgehead atoms. The van der Waals surface area contributed by atoms with E-state index in [4.69, 9.17) is 11.1 Å². The summed E-state index contributed by atoms with van der Waals surface area (Å²) in [6.07, 6.45) is 6.68. The second-order valence-electron chi connectivity index (χ2n) is 4.10. The zero-order valence-electron chi connectivity index (χ0n) is 10.7. The lowest BCUT2D eigenvalue weighted by Gasteiger charge is -2.06. The zero-order valence-corrected chi connectivity index (χ0v) is 12.3. The van der Waals surface area contributed by atoms with Crippen LogP contribution in [0.5, 0.6) is 0 Å².